The van der Waals surface area contributed by atoms with Gasteiger partial charge >= 0.3 is 11.9 Å². The molecule has 328 valence electrons. The lowest BCUT2D eigenvalue weighted by atomic mass is 10.00. The lowest BCUT2D eigenvalue weighted by Gasteiger charge is -2.40. The second-order valence-corrected chi connectivity index (χ2v) is 16.1. The van der Waals surface area contributed by atoms with Gasteiger partial charge < -0.3 is 34.3 Å². The third-order valence-electron chi connectivity index (χ3n) is 9.36. The number of carbonyl (C=O) groups is 2. The molecule has 6 atom stereocenters. The Labute approximate surface area is 343 Å². The van der Waals surface area contributed by atoms with Gasteiger partial charge in [-0.05, 0) is 51.4 Å². The first kappa shape index (κ1) is 52.4. The van der Waals surface area contributed by atoms with Crippen molar-refractivity contribution in [3.8, 4) is 0 Å². The highest BCUT2D eigenvalue weighted by atomic mass is 32.2. The second-order valence-electron chi connectivity index (χ2n) is 14.6. The molecule has 0 aromatic carbocycles. The van der Waals surface area contributed by atoms with Gasteiger partial charge in [-0.15, -0.1) is 0 Å². The van der Waals surface area contributed by atoms with Crippen molar-refractivity contribution in [3.63, 3.8) is 0 Å². The molecule has 0 bridgehead atoms. The van der Waals surface area contributed by atoms with Crippen LogP contribution >= 0.6 is 0 Å². The summed E-state index contributed by atoms with van der Waals surface area (Å²) in [6.45, 7) is 3.74. The molecule has 6 unspecified atom stereocenters. The molecular weight excluding hydrogens is 753 g/mol. The predicted molar refractivity (Wildman–Crippen MR) is 224 cm³/mol. The van der Waals surface area contributed by atoms with E-state index >= 15 is 0 Å². The van der Waals surface area contributed by atoms with Crippen molar-refractivity contribution >= 4 is 22.1 Å². The van der Waals surface area contributed by atoms with Crippen molar-refractivity contribution in [2.45, 2.75) is 192 Å². The molecule has 57 heavy (non-hydrogen) atoms. The predicted octanol–water partition coefficient (Wildman–Crippen LogP) is 8.51. The Morgan fingerprint density at radius 2 is 1.04 bits per heavy atom. The Kier molecular flexibility index (Phi) is 31.5. The minimum atomic E-state index is -4.62. The fraction of sp³-hybridized carbons (Fsp3) is 0.727. The highest BCUT2D eigenvalue weighted by Crippen LogP contribution is 2.24. The Morgan fingerprint density at radius 1 is 0.596 bits per heavy atom. The van der Waals surface area contributed by atoms with Crippen LogP contribution in [0.4, 0.5) is 0 Å². The van der Waals surface area contributed by atoms with Crippen molar-refractivity contribution in [1.82, 2.24) is 0 Å². The third-order valence-corrected chi connectivity index (χ3v) is 10.1. The van der Waals surface area contributed by atoms with Crippen LogP contribution in [-0.2, 0) is 38.7 Å². The molecule has 0 aromatic rings. The summed E-state index contributed by atoms with van der Waals surface area (Å²) in [5, 5.41) is 30.8. The van der Waals surface area contributed by atoms with E-state index in [-0.39, 0.29) is 12.8 Å². The number of aliphatic hydroxyl groups excluding tert-OH is 3. The summed E-state index contributed by atoms with van der Waals surface area (Å²) < 4.78 is 53.6. The number of esters is 2. The fourth-order valence-electron chi connectivity index (χ4n) is 6.10. The SMILES string of the molecule is CCC=CCC=CCC=CCC=CCC=CCCCC(=O)OC(COC1OC(CS(=O)(=O)O)C(O)C(O)C1O)OC(=O)CCCCCCCCCCCCCCC. The van der Waals surface area contributed by atoms with Gasteiger partial charge in [0.15, 0.2) is 6.29 Å². The molecule has 1 saturated heterocycles. The second kappa shape index (κ2) is 34.2. The van der Waals surface area contributed by atoms with Crippen LogP contribution in [0.2, 0.25) is 0 Å². The van der Waals surface area contributed by atoms with Gasteiger partial charge in [-0.1, -0.05) is 152 Å². The summed E-state index contributed by atoms with van der Waals surface area (Å²) in [6, 6.07) is 0. The minimum absolute atomic E-state index is 0.0328. The van der Waals surface area contributed by atoms with Crippen LogP contribution in [-0.4, -0.2) is 89.6 Å². The molecule has 4 N–H and O–H groups in total. The van der Waals surface area contributed by atoms with Crippen LogP contribution in [0.5, 0.6) is 0 Å². The van der Waals surface area contributed by atoms with Crippen LogP contribution < -0.4 is 0 Å². The molecule has 13 heteroatoms. The fourth-order valence-corrected chi connectivity index (χ4v) is 6.79. The van der Waals surface area contributed by atoms with Crippen LogP contribution in [0, 0.1) is 0 Å². The summed E-state index contributed by atoms with van der Waals surface area (Å²) in [5.74, 6) is -2.32. The quantitative estimate of drug-likeness (QED) is 0.0160. The van der Waals surface area contributed by atoms with Crippen LogP contribution in [0.3, 0.4) is 0 Å². The molecule has 0 aliphatic carbocycles. The van der Waals surface area contributed by atoms with E-state index in [2.05, 4.69) is 62.5 Å². The molecule has 1 fully saturated rings. The summed E-state index contributed by atoms with van der Waals surface area (Å²) >= 11 is 0. The molecule has 0 aromatic heterocycles. The van der Waals surface area contributed by atoms with Crippen molar-refractivity contribution in [2.75, 3.05) is 12.4 Å². The monoisotopic (exact) mass is 826 g/mol. The summed E-state index contributed by atoms with van der Waals surface area (Å²) in [6.07, 6.45) is 31.5. The molecular formula is C44H74O12S. The van der Waals surface area contributed by atoms with Gasteiger partial charge in [0.05, 0.1) is 0 Å². The number of unbranched alkanes of at least 4 members (excludes halogenated alkanes) is 13. The standard InChI is InChI=1S/C44H74O12S/c1-3-5-7-9-11-13-15-17-18-19-20-22-24-26-28-30-32-34-39(46)56-40(35-53-44-43(49)42(48)41(47)37(54-44)36-57(50,51)52)55-38(45)33-31-29-27-25-23-21-16-14-12-10-8-6-4-2/h5,7,11,13,17-18,20,22,26,28,37,40-44,47-49H,3-4,6,8-10,12,14-16,19,21,23-25,27,29-36H2,1-2H3,(H,50,51,52). The van der Waals surface area contributed by atoms with Crippen molar-refractivity contribution < 1.29 is 56.8 Å². The van der Waals surface area contributed by atoms with Gasteiger partial charge in [0, 0.05) is 12.8 Å². The van der Waals surface area contributed by atoms with Crippen LogP contribution in [0.1, 0.15) is 155 Å². The molecule has 1 aliphatic rings. The third kappa shape index (κ3) is 29.2. The maximum absolute atomic E-state index is 12.7. The van der Waals surface area contributed by atoms with Gasteiger partial charge in [0.25, 0.3) is 16.4 Å². The number of aliphatic hydroxyl groups is 3. The maximum Gasteiger partial charge on any atom is 0.308 e. The van der Waals surface area contributed by atoms with E-state index in [0.29, 0.717) is 19.3 Å². The smallest absolute Gasteiger partial charge is 0.308 e. The molecule has 1 heterocycles. The van der Waals surface area contributed by atoms with Gasteiger partial charge in [0.1, 0.15) is 36.8 Å². The number of allylic oxidation sites excluding steroid dienone is 10. The summed E-state index contributed by atoms with van der Waals surface area (Å²) in [5.41, 5.74) is 0. The van der Waals surface area contributed by atoms with Gasteiger partial charge in [-0.25, -0.2) is 0 Å². The van der Waals surface area contributed by atoms with Crippen molar-refractivity contribution in [1.29, 1.82) is 0 Å². The largest absolute Gasteiger partial charge is 0.423 e. The van der Waals surface area contributed by atoms with Crippen LogP contribution in [0.25, 0.3) is 0 Å². The number of ether oxygens (including phenoxy) is 4. The molecule has 0 saturated carbocycles. The Morgan fingerprint density at radius 3 is 1.51 bits per heavy atom. The van der Waals surface area contributed by atoms with Crippen molar-refractivity contribution in [3.05, 3.63) is 60.8 Å². The molecule has 12 nitrogen and oxygen atoms in total. The number of hydrogen-bond acceptors (Lipinski definition) is 11. The molecule has 0 radical (unpaired) electrons. The van der Waals surface area contributed by atoms with Gasteiger partial charge in [0.2, 0.25) is 0 Å². The number of hydrogen-bond donors (Lipinski definition) is 4. The zero-order valence-corrected chi connectivity index (χ0v) is 35.5. The lowest BCUT2D eigenvalue weighted by molar-refractivity contribution is -0.303. The average Bonchev–Trinajstić information content (AvgIpc) is 3.17. The average molecular weight is 827 g/mol. The zero-order chi connectivity index (χ0) is 42.0. The lowest BCUT2D eigenvalue weighted by Crippen LogP contribution is -2.60. The van der Waals surface area contributed by atoms with E-state index < -0.39 is 71.4 Å². The Bertz CT molecular complexity index is 1290. The Balaban J connectivity index is 2.54. The topological polar surface area (TPSA) is 186 Å². The maximum atomic E-state index is 12.7. The first-order valence-electron chi connectivity index (χ1n) is 21.4. The van der Waals surface area contributed by atoms with E-state index in [4.69, 9.17) is 18.9 Å². The van der Waals surface area contributed by atoms with E-state index in [9.17, 15) is 37.9 Å². The van der Waals surface area contributed by atoms with E-state index in [1.54, 1.807) is 0 Å². The van der Waals surface area contributed by atoms with Crippen LogP contribution in [0.15, 0.2) is 60.8 Å². The molecule has 0 spiro atoms. The summed E-state index contributed by atoms with van der Waals surface area (Å²) in [7, 11) is -4.62. The van der Waals surface area contributed by atoms with E-state index in [1.807, 2.05) is 12.2 Å². The highest BCUT2D eigenvalue weighted by Gasteiger charge is 2.46. The highest BCUT2D eigenvalue weighted by molar-refractivity contribution is 7.85. The number of carbonyl (C=O) groups excluding carboxylic acids is 2. The van der Waals surface area contributed by atoms with Crippen molar-refractivity contribution in [2.24, 2.45) is 0 Å². The molecule has 1 aliphatic heterocycles. The van der Waals surface area contributed by atoms with E-state index in [0.717, 1.165) is 51.4 Å². The number of rotatable bonds is 34. The normalized spacial score (nSPS) is 21.1. The molecule has 1 rings (SSSR count). The zero-order valence-electron chi connectivity index (χ0n) is 34.7. The van der Waals surface area contributed by atoms with E-state index in [1.165, 1.54) is 57.8 Å². The summed E-state index contributed by atoms with van der Waals surface area (Å²) in [4.78, 5) is 25.5. The molecule has 0 amide bonds. The van der Waals surface area contributed by atoms with Gasteiger partial charge in [-0.3, -0.25) is 14.1 Å². The Hall–Kier alpha value is -2.65. The van der Waals surface area contributed by atoms with Gasteiger partial charge in [-0.2, -0.15) is 8.42 Å². The first-order valence-corrected chi connectivity index (χ1v) is 23.0. The first-order chi connectivity index (χ1) is 27.5. The minimum Gasteiger partial charge on any atom is -0.423 e.